The van der Waals surface area contributed by atoms with Gasteiger partial charge in [0.25, 0.3) is 0 Å². The van der Waals surface area contributed by atoms with E-state index in [0.717, 1.165) is 11.1 Å². The van der Waals surface area contributed by atoms with E-state index in [0.29, 0.717) is 47.4 Å². The van der Waals surface area contributed by atoms with Gasteiger partial charge in [0.05, 0.1) is 14.2 Å². The van der Waals surface area contributed by atoms with Crippen LogP contribution in [0, 0.1) is 0 Å². The Kier molecular flexibility index (Phi) is 7.41. The van der Waals surface area contributed by atoms with Gasteiger partial charge in [-0.3, -0.25) is 4.79 Å². The summed E-state index contributed by atoms with van der Waals surface area (Å²) < 4.78 is 10.5. The number of hydrogen-bond donors (Lipinski definition) is 1. The lowest BCUT2D eigenvalue weighted by Crippen LogP contribution is -2.25. The highest BCUT2D eigenvalue weighted by molar-refractivity contribution is 6.36. The Hall–Kier alpha value is -1.91. The maximum Gasteiger partial charge on any atom is 0.220 e. The van der Waals surface area contributed by atoms with Gasteiger partial charge in [-0.1, -0.05) is 35.3 Å². The van der Waals surface area contributed by atoms with Gasteiger partial charge in [0, 0.05) is 23.0 Å². The number of carbonyl (C=O) groups excluding carboxylic acids is 1. The average molecular weight is 382 g/mol. The Labute approximate surface area is 158 Å². The molecule has 0 heterocycles. The second-order valence-electron chi connectivity index (χ2n) is 5.49. The first-order valence-electron chi connectivity index (χ1n) is 7.95. The van der Waals surface area contributed by atoms with Crippen LogP contribution < -0.4 is 14.8 Å². The molecular weight excluding hydrogens is 361 g/mol. The predicted octanol–water partition coefficient (Wildman–Crippen LogP) is 4.30. The summed E-state index contributed by atoms with van der Waals surface area (Å²) in [6.45, 7) is 0.546. The van der Waals surface area contributed by atoms with Gasteiger partial charge in [-0.25, -0.2) is 0 Å². The highest BCUT2D eigenvalue weighted by Gasteiger charge is 2.09. The SMILES string of the molecule is COc1ccc(CCNC(=O)CCc2c(Cl)cccc2Cl)cc1OC. The second kappa shape index (κ2) is 9.54. The molecule has 0 radical (unpaired) electrons. The summed E-state index contributed by atoms with van der Waals surface area (Å²) in [5, 5.41) is 4.09. The van der Waals surface area contributed by atoms with Crippen molar-refractivity contribution < 1.29 is 14.3 Å². The molecule has 0 saturated carbocycles. The first-order valence-corrected chi connectivity index (χ1v) is 8.71. The fraction of sp³-hybridized carbons (Fsp3) is 0.316. The van der Waals surface area contributed by atoms with E-state index in [-0.39, 0.29) is 5.91 Å². The van der Waals surface area contributed by atoms with E-state index < -0.39 is 0 Å². The van der Waals surface area contributed by atoms with Crippen LogP contribution in [0.25, 0.3) is 0 Å². The lowest BCUT2D eigenvalue weighted by molar-refractivity contribution is -0.121. The molecule has 0 spiro atoms. The van der Waals surface area contributed by atoms with Crippen molar-refractivity contribution in [3.63, 3.8) is 0 Å². The van der Waals surface area contributed by atoms with Crippen LogP contribution in [0.3, 0.4) is 0 Å². The van der Waals surface area contributed by atoms with E-state index >= 15 is 0 Å². The zero-order valence-electron chi connectivity index (χ0n) is 14.3. The van der Waals surface area contributed by atoms with E-state index in [1.54, 1.807) is 32.4 Å². The number of amides is 1. The van der Waals surface area contributed by atoms with Gasteiger partial charge in [0.1, 0.15) is 0 Å². The minimum Gasteiger partial charge on any atom is -0.493 e. The second-order valence-corrected chi connectivity index (χ2v) is 6.30. The molecule has 4 nitrogen and oxygen atoms in total. The van der Waals surface area contributed by atoms with E-state index in [4.69, 9.17) is 32.7 Å². The standard InChI is InChI=1S/C19H21Cl2NO3/c1-24-17-8-6-13(12-18(17)25-2)10-11-22-19(23)9-7-14-15(20)4-3-5-16(14)21/h3-6,8,12H,7,9-11H2,1-2H3,(H,22,23). The van der Waals surface area contributed by atoms with Crippen LogP contribution in [0.4, 0.5) is 0 Å². The molecule has 134 valence electrons. The van der Waals surface area contributed by atoms with Crippen LogP contribution >= 0.6 is 23.2 Å². The van der Waals surface area contributed by atoms with E-state index in [9.17, 15) is 4.79 Å². The summed E-state index contributed by atoms with van der Waals surface area (Å²) in [5.41, 5.74) is 1.87. The fourth-order valence-electron chi connectivity index (χ4n) is 2.48. The molecule has 1 amide bonds. The number of carbonyl (C=O) groups is 1. The molecule has 0 unspecified atom stereocenters. The fourth-order valence-corrected chi connectivity index (χ4v) is 3.07. The number of rotatable bonds is 8. The summed E-state index contributed by atoms with van der Waals surface area (Å²) in [5.74, 6) is 1.34. The van der Waals surface area contributed by atoms with Crippen molar-refractivity contribution in [2.24, 2.45) is 0 Å². The zero-order valence-corrected chi connectivity index (χ0v) is 15.8. The van der Waals surface area contributed by atoms with Crippen molar-refractivity contribution in [3.8, 4) is 11.5 Å². The lowest BCUT2D eigenvalue weighted by atomic mass is 10.1. The summed E-state index contributed by atoms with van der Waals surface area (Å²) >= 11 is 12.2. The number of methoxy groups -OCH3 is 2. The van der Waals surface area contributed by atoms with Crippen LogP contribution in [0.15, 0.2) is 36.4 Å². The van der Waals surface area contributed by atoms with Crippen LogP contribution in [0.2, 0.25) is 10.0 Å². The van der Waals surface area contributed by atoms with Crippen molar-refractivity contribution in [2.75, 3.05) is 20.8 Å². The summed E-state index contributed by atoms with van der Waals surface area (Å²) in [4.78, 5) is 12.0. The molecule has 1 N–H and O–H groups in total. The molecule has 6 heteroatoms. The number of nitrogens with one attached hydrogen (secondary N) is 1. The number of hydrogen-bond acceptors (Lipinski definition) is 3. The summed E-state index contributed by atoms with van der Waals surface area (Å²) in [6.07, 6.45) is 1.56. The molecule has 2 aromatic carbocycles. The maximum atomic E-state index is 12.0. The molecule has 25 heavy (non-hydrogen) atoms. The van der Waals surface area contributed by atoms with Crippen LogP contribution in [0.5, 0.6) is 11.5 Å². The smallest absolute Gasteiger partial charge is 0.220 e. The minimum atomic E-state index is -0.0311. The van der Waals surface area contributed by atoms with Crippen molar-refractivity contribution in [1.82, 2.24) is 5.32 Å². The highest BCUT2D eigenvalue weighted by Crippen LogP contribution is 2.27. The van der Waals surface area contributed by atoms with Crippen molar-refractivity contribution >= 4 is 29.1 Å². The summed E-state index contributed by atoms with van der Waals surface area (Å²) in [6, 6.07) is 11.1. The monoisotopic (exact) mass is 381 g/mol. The number of benzene rings is 2. The Morgan fingerprint density at radius 3 is 2.32 bits per heavy atom. The van der Waals surface area contributed by atoms with Crippen LogP contribution in [-0.2, 0) is 17.6 Å². The minimum absolute atomic E-state index is 0.0311. The quantitative estimate of drug-likeness (QED) is 0.741. The topological polar surface area (TPSA) is 47.6 Å². The normalized spacial score (nSPS) is 10.4. The Balaban J connectivity index is 1.81. The Bertz CT molecular complexity index is 714. The van der Waals surface area contributed by atoms with E-state index in [1.807, 2.05) is 18.2 Å². The van der Waals surface area contributed by atoms with Crippen molar-refractivity contribution in [2.45, 2.75) is 19.3 Å². The molecule has 0 aromatic heterocycles. The third kappa shape index (κ3) is 5.55. The average Bonchev–Trinajstić information content (AvgIpc) is 2.61. The van der Waals surface area contributed by atoms with Gasteiger partial charge in [0.2, 0.25) is 5.91 Å². The third-order valence-corrected chi connectivity index (χ3v) is 4.56. The van der Waals surface area contributed by atoms with Crippen LogP contribution in [-0.4, -0.2) is 26.7 Å². The number of ether oxygens (including phenoxy) is 2. The first kappa shape index (κ1) is 19.4. The highest BCUT2D eigenvalue weighted by atomic mass is 35.5. The molecular formula is C19H21Cl2NO3. The van der Waals surface area contributed by atoms with Gasteiger partial charge in [0.15, 0.2) is 11.5 Å². The Morgan fingerprint density at radius 1 is 1.00 bits per heavy atom. The maximum absolute atomic E-state index is 12.0. The van der Waals surface area contributed by atoms with Crippen molar-refractivity contribution in [1.29, 1.82) is 0 Å². The largest absolute Gasteiger partial charge is 0.493 e. The molecule has 0 aliphatic heterocycles. The van der Waals surface area contributed by atoms with Gasteiger partial charge in [-0.15, -0.1) is 0 Å². The number of halogens is 2. The molecule has 2 rings (SSSR count). The molecule has 0 fully saturated rings. The predicted molar refractivity (Wildman–Crippen MR) is 101 cm³/mol. The van der Waals surface area contributed by atoms with E-state index in [1.165, 1.54) is 0 Å². The third-order valence-electron chi connectivity index (χ3n) is 3.85. The van der Waals surface area contributed by atoms with E-state index in [2.05, 4.69) is 5.32 Å². The van der Waals surface area contributed by atoms with Gasteiger partial charge in [-0.05, 0) is 48.2 Å². The van der Waals surface area contributed by atoms with Crippen molar-refractivity contribution in [3.05, 3.63) is 57.6 Å². The molecule has 0 bridgehead atoms. The summed E-state index contributed by atoms with van der Waals surface area (Å²) in [7, 11) is 3.20. The zero-order chi connectivity index (χ0) is 18.2. The molecule has 0 atom stereocenters. The van der Waals surface area contributed by atoms with Gasteiger partial charge in [-0.2, -0.15) is 0 Å². The first-order chi connectivity index (χ1) is 12.0. The molecule has 0 aliphatic carbocycles. The molecule has 0 saturated heterocycles. The molecule has 2 aromatic rings. The molecule has 0 aliphatic rings. The van der Waals surface area contributed by atoms with Gasteiger partial charge >= 0.3 is 0 Å². The van der Waals surface area contributed by atoms with Gasteiger partial charge < -0.3 is 14.8 Å². The lowest BCUT2D eigenvalue weighted by Gasteiger charge is -2.10. The van der Waals surface area contributed by atoms with Crippen LogP contribution in [0.1, 0.15) is 17.5 Å². The Morgan fingerprint density at radius 2 is 1.68 bits per heavy atom.